The van der Waals surface area contributed by atoms with Gasteiger partial charge in [0.25, 0.3) is 0 Å². The maximum Gasteiger partial charge on any atom is 0.222 e. The molecule has 0 aliphatic rings. The average molecular weight is 311 g/mol. The number of rotatable bonds is 7. The number of hydrogen-bond donors (Lipinski definition) is 2. The summed E-state index contributed by atoms with van der Waals surface area (Å²) in [7, 11) is 0. The number of nitrogens with zero attached hydrogens (tertiary/aromatic N) is 1. The molecule has 0 saturated carbocycles. The van der Waals surface area contributed by atoms with E-state index in [0.29, 0.717) is 12.5 Å². The van der Waals surface area contributed by atoms with Crippen molar-refractivity contribution in [2.45, 2.75) is 53.5 Å². The van der Waals surface area contributed by atoms with Crippen molar-refractivity contribution in [1.82, 2.24) is 15.6 Å². The Bertz CT molecular complexity index is 478. The van der Waals surface area contributed by atoms with Crippen LogP contribution in [0.3, 0.4) is 0 Å². The van der Waals surface area contributed by atoms with Gasteiger partial charge in [-0.1, -0.05) is 13.8 Å². The number of thiazole rings is 1. The summed E-state index contributed by atoms with van der Waals surface area (Å²) < 4.78 is 0. The topological polar surface area (TPSA) is 71.1 Å². The highest BCUT2D eigenvalue weighted by Crippen LogP contribution is 2.27. The minimum Gasteiger partial charge on any atom is -0.356 e. The zero-order valence-corrected chi connectivity index (χ0v) is 14.3. The number of amides is 2. The maximum absolute atomic E-state index is 12.0. The molecular weight excluding hydrogens is 286 g/mol. The van der Waals surface area contributed by atoms with E-state index in [0.717, 1.165) is 17.1 Å². The number of carbonyl (C=O) groups excluding carboxylic acids is 2. The van der Waals surface area contributed by atoms with Crippen molar-refractivity contribution in [1.29, 1.82) is 0 Å². The predicted molar refractivity (Wildman–Crippen MR) is 85.2 cm³/mol. The van der Waals surface area contributed by atoms with Gasteiger partial charge in [-0.15, -0.1) is 11.3 Å². The quantitative estimate of drug-likeness (QED) is 0.812. The zero-order chi connectivity index (χ0) is 16.0. The second-order valence-corrected chi connectivity index (χ2v) is 6.91. The van der Waals surface area contributed by atoms with Crippen LogP contribution in [0.25, 0.3) is 0 Å². The van der Waals surface area contributed by atoms with E-state index in [-0.39, 0.29) is 24.3 Å². The second-order valence-electron chi connectivity index (χ2n) is 5.68. The molecule has 0 fully saturated rings. The molecular formula is C15H25N3O2S. The minimum atomic E-state index is -0.118. The highest BCUT2D eigenvalue weighted by Gasteiger charge is 2.20. The van der Waals surface area contributed by atoms with E-state index in [2.05, 4.69) is 29.5 Å². The molecule has 1 atom stereocenters. The summed E-state index contributed by atoms with van der Waals surface area (Å²) in [6.07, 6.45) is 1.15. The van der Waals surface area contributed by atoms with Crippen molar-refractivity contribution in [2.24, 2.45) is 5.92 Å². The lowest BCUT2D eigenvalue weighted by Crippen LogP contribution is -2.32. The Balaban J connectivity index is 2.65. The first-order chi connectivity index (χ1) is 9.79. The Morgan fingerprint density at radius 2 is 1.95 bits per heavy atom. The van der Waals surface area contributed by atoms with E-state index in [4.69, 9.17) is 0 Å². The first kappa shape index (κ1) is 17.6. The van der Waals surface area contributed by atoms with Crippen molar-refractivity contribution in [2.75, 3.05) is 6.54 Å². The van der Waals surface area contributed by atoms with Crippen LogP contribution in [0.15, 0.2) is 0 Å². The van der Waals surface area contributed by atoms with E-state index in [9.17, 15) is 9.59 Å². The Morgan fingerprint density at radius 3 is 2.43 bits per heavy atom. The van der Waals surface area contributed by atoms with Gasteiger partial charge in [-0.3, -0.25) is 9.59 Å². The molecule has 21 heavy (non-hydrogen) atoms. The molecule has 0 bridgehead atoms. The van der Waals surface area contributed by atoms with Crippen LogP contribution >= 0.6 is 11.3 Å². The standard InChI is InChI=1S/C15H25N3O2S/c1-9(2)8-13(15-17-10(3)11(4)21-15)18-14(20)6-7-16-12(5)19/h9,13H,6-8H2,1-5H3,(H,16,19)(H,18,20). The fourth-order valence-electron chi connectivity index (χ4n) is 1.96. The lowest BCUT2D eigenvalue weighted by Gasteiger charge is -2.18. The molecule has 1 unspecified atom stereocenters. The molecule has 0 radical (unpaired) electrons. The van der Waals surface area contributed by atoms with Crippen LogP contribution in [0.4, 0.5) is 0 Å². The molecule has 2 N–H and O–H groups in total. The van der Waals surface area contributed by atoms with Gasteiger partial charge in [-0.2, -0.15) is 0 Å². The van der Waals surface area contributed by atoms with Gasteiger partial charge in [0.1, 0.15) is 5.01 Å². The summed E-state index contributed by atoms with van der Waals surface area (Å²) in [5, 5.41) is 6.63. The summed E-state index contributed by atoms with van der Waals surface area (Å²) in [5.74, 6) is 0.294. The van der Waals surface area contributed by atoms with Crippen LogP contribution in [0.1, 0.15) is 55.2 Å². The van der Waals surface area contributed by atoms with Gasteiger partial charge in [0.15, 0.2) is 0 Å². The molecule has 1 aromatic rings. The molecule has 1 heterocycles. The molecule has 5 nitrogen and oxygen atoms in total. The van der Waals surface area contributed by atoms with Gasteiger partial charge >= 0.3 is 0 Å². The van der Waals surface area contributed by atoms with Crippen molar-refractivity contribution in [3.05, 3.63) is 15.6 Å². The first-order valence-electron chi connectivity index (χ1n) is 7.27. The van der Waals surface area contributed by atoms with E-state index in [1.165, 1.54) is 11.8 Å². The summed E-state index contributed by atoms with van der Waals surface area (Å²) in [6, 6.07) is -0.0489. The summed E-state index contributed by atoms with van der Waals surface area (Å²) in [6.45, 7) is 10.1. The van der Waals surface area contributed by atoms with Crippen LogP contribution in [-0.4, -0.2) is 23.3 Å². The lowest BCUT2D eigenvalue weighted by molar-refractivity contribution is -0.122. The average Bonchev–Trinajstić information content (AvgIpc) is 2.67. The van der Waals surface area contributed by atoms with Crippen LogP contribution in [0.5, 0.6) is 0 Å². The van der Waals surface area contributed by atoms with Crippen LogP contribution in [0.2, 0.25) is 0 Å². The van der Waals surface area contributed by atoms with Crippen LogP contribution in [0, 0.1) is 19.8 Å². The zero-order valence-electron chi connectivity index (χ0n) is 13.4. The van der Waals surface area contributed by atoms with Crippen molar-refractivity contribution >= 4 is 23.2 Å². The molecule has 0 spiro atoms. The highest BCUT2D eigenvalue weighted by atomic mass is 32.1. The molecule has 0 saturated heterocycles. The van der Waals surface area contributed by atoms with Crippen LogP contribution < -0.4 is 10.6 Å². The smallest absolute Gasteiger partial charge is 0.222 e. The molecule has 0 aromatic carbocycles. The number of hydrogen-bond acceptors (Lipinski definition) is 4. The summed E-state index contributed by atoms with van der Waals surface area (Å²) in [5.41, 5.74) is 1.02. The van der Waals surface area contributed by atoms with E-state index < -0.39 is 0 Å². The summed E-state index contributed by atoms with van der Waals surface area (Å²) >= 11 is 1.64. The molecule has 0 aliphatic heterocycles. The van der Waals surface area contributed by atoms with Gasteiger partial charge in [0, 0.05) is 24.8 Å². The SMILES string of the molecule is CC(=O)NCCC(=O)NC(CC(C)C)c1nc(C)c(C)s1. The summed E-state index contributed by atoms with van der Waals surface area (Å²) in [4.78, 5) is 28.5. The Hall–Kier alpha value is -1.43. The number of carbonyl (C=O) groups is 2. The van der Waals surface area contributed by atoms with Gasteiger partial charge in [0.05, 0.1) is 11.7 Å². The lowest BCUT2D eigenvalue weighted by atomic mass is 10.0. The van der Waals surface area contributed by atoms with Crippen molar-refractivity contribution in [3.63, 3.8) is 0 Å². The molecule has 1 aromatic heterocycles. The molecule has 0 aliphatic carbocycles. The normalized spacial score (nSPS) is 12.3. The van der Waals surface area contributed by atoms with Gasteiger partial charge < -0.3 is 10.6 Å². The first-order valence-corrected chi connectivity index (χ1v) is 8.09. The largest absolute Gasteiger partial charge is 0.356 e. The Kier molecular flexibility index (Phi) is 6.81. The monoisotopic (exact) mass is 311 g/mol. The number of aryl methyl sites for hydroxylation is 2. The van der Waals surface area contributed by atoms with Crippen molar-refractivity contribution in [3.8, 4) is 0 Å². The molecule has 6 heteroatoms. The van der Waals surface area contributed by atoms with E-state index in [1.54, 1.807) is 11.3 Å². The molecule has 1 rings (SSSR count). The second kappa shape index (κ2) is 8.12. The fourth-order valence-corrected chi connectivity index (χ4v) is 2.95. The predicted octanol–water partition coefficient (Wildman–Crippen LogP) is 2.49. The van der Waals surface area contributed by atoms with Gasteiger partial charge in [-0.05, 0) is 26.2 Å². The Labute approximate surface area is 130 Å². The van der Waals surface area contributed by atoms with E-state index >= 15 is 0 Å². The molecule has 118 valence electrons. The Morgan fingerprint density at radius 1 is 1.29 bits per heavy atom. The fraction of sp³-hybridized carbons (Fsp3) is 0.667. The maximum atomic E-state index is 12.0. The van der Waals surface area contributed by atoms with Crippen LogP contribution in [-0.2, 0) is 9.59 Å². The van der Waals surface area contributed by atoms with Crippen molar-refractivity contribution < 1.29 is 9.59 Å². The number of nitrogens with one attached hydrogen (secondary N) is 2. The molecule has 2 amide bonds. The van der Waals surface area contributed by atoms with Gasteiger partial charge in [-0.25, -0.2) is 4.98 Å². The third-order valence-electron chi connectivity index (χ3n) is 3.11. The van der Waals surface area contributed by atoms with Gasteiger partial charge in [0.2, 0.25) is 11.8 Å². The van der Waals surface area contributed by atoms with E-state index in [1.807, 2.05) is 13.8 Å². The third-order valence-corrected chi connectivity index (χ3v) is 4.30. The number of aromatic nitrogens is 1. The minimum absolute atomic E-state index is 0.0489. The third kappa shape index (κ3) is 6.25. The highest BCUT2D eigenvalue weighted by molar-refractivity contribution is 7.11.